The van der Waals surface area contributed by atoms with Crippen molar-refractivity contribution in [1.29, 1.82) is 0 Å². The average Bonchev–Trinajstić information content (AvgIpc) is 2.74. The summed E-state index contributed by atoms with van der Waals surface area (Å²) in [5.41, 5.74) is 0. The van der Waals surface area contributed by atoms with E-state index in [-0.39, 0.29) is 0 Å². The molecule has 0 amide bonds. The van der Waals surface area contributed by atoms with Crippen molar-refractivity contribution in [3.05, 3.63) is 0 Å². The molecule has 5 heteroatoms. The van der Waals surface area contributed by atoms with E-state index in [4.69, 9.17) is 4.99 Å². The molecule has 2 N–H and O–H groups in total. The van der Waals surface area contributed by atoms with Crippen molar-refractivity contribution in [1.82, 2.24) is 10.6 Å². The molecule has 100 valence electrons. The highest BCUT2D eigenvalue weighted by Crippen LogP contribution is 2.37. The van der Waals surface area contributed by atoms with E-state index in [1.807, 2.05) is 11.8 Å². The summed E-state index contributed by atoms with van der Waals surface area (Å²) in [7, 11) is 0. The first-order chi connectivity index (χ1) is 8.20. The molecule has 1 aliphatic rings. The number of rotatable bonds is 6. The summed E-state index contributed by atoms with van der Waals surface area (Å²) in [6.07, 6.45) is 4.76. The zero-order valence-corrected chi connectivity index (χ0v) is 12.8. The molecule has 1 heterocycles. The molecule has 0 radical (unpaired) electrons. The monoisotopic (exact) mass is 275 g/mol. The van der Waals surface area contributed by atoms with E-state index in [1.165, 1.54) is 18.6 Å². The Morgan fingerprint density at radius 2 is 2.29 bits per heavy atom. The molecule has 1 atom stereocenters. The highest BCUT2D eigenvalue weighted by molar-refractivity contribution is 8.00. The topological polar surface area (TPSA) is 36.4 Å². The fourth-order valence-electron chi connectivity index (χ4n) is 1.82. The van der Waals surface area contributed by atoms with Crippen LogP contribution in [-0.4, -0.2) is 48.1 Å². The van der Waals surface area contributed by atoms with Gasteiger partial charge in [-0.25, -0.2) is 0 Å². The van der Waals surface area contributed by atoms with Crippen LogP contribution in [0.15, 0.2) is 4.99 Å². The predicted octanol–water partition coefficient (Wildman–Crippen LogP) is 2.19. The van der Waals surface area contributed by atoms with Crippen LogP contribution in [0.1, 0.15) is 26.7 Å². The van der Waals surface area contributed by atoms with E-state index in [0.717, 1.165) is 31.3 Å². The zero-order chi connectivity index (χ0) is 12.6. The summed E-state index contributed by atoms with van der Waals surface area (Å²) in [6, 6.07) is 0. The lowest BCUT2D eigenvalue weighted by atomic mass is 10.1. The maximum absolute atomic E-state index is 4.70. The molecule has 3 nitrogen and oxygen atoms in total. The van der Waals surface area contributed by atoms with Gasteiger partial charge in [0, 0.05) is 23.6 Å². The molecule has 1 rings (SSSR count). The van der Waals surface area contributed by atoms with Gasteiger partial charge in [0.05, 0.1) is 6.54 Å². The maximum Gasteiger partial charge on any atom is 0.191 e. The van der Waals surface area contributed by atoms with Crippen LogP contribution in [-0.2, 0) is 0 Å². The second-order valence-electron chi connectivity index (χ2n) is 4.52. The molecule has 0 aromatic carbocycles. The zero-order valence-electron chi connectivity index (χ0n) is 11.2. The summed E-state index contributed by atoms with van der Waals surface area (Å²) in [4.78, 5) is 4.70. The van der Waals surface area contributed by atoms with E-state index in [0.29, 0.717) is 4.75 Å². The summed E-state index contributed by atoms with van der Waals surface area (Å²) in [5.74, 6) is 3.38. The second kappa shape index (κ2) is 8.14. The minimum Gasteiger partial charge on any atom is -0.357 e. The Hall–Kier alpha value is -0.0300. The van der Waals surface area contributed by atoms with Gasteiger partial charge in [-0.15, -0.1) is 0 Å². The van der Waals surface area contributed by atoms with Gasteiger partial charge in [0.1, 0.15) is 0 Å². The number of nitrogens with zero attached hydrogens (tertiary/aromatic N) is 1. The molecule has 0 saturated carbocycles. The van der Waals surface area contributed by atoms with Crippen LogP contribution < -0.4 is 10.6 Å². The average molecular weight is 275 g/mol. The number of guanidine groups is 1. The van der Waals surface area contributed by atoms with Crippen LogP contribution in [0.25, 0.3) is 0 Å². The maximum atomic E-state index is 4.70. The first-order valence-corrected chi connectivity index (χ1v) is 8.73. The molecule has 0 aromatic rings. The van der Waals surface area contributed by atoms with Gasteiger partial charge in [-0.1, -0.05) is 0 Å². The van der Waals surface area contributed by atoms with E-state index in [9.17, 15) is 0 Å². The van der Waals surface area contributed by atoms with Gasteiger partial charge in [0.2, 0.25) is 0 Å². The van der Waals surface area contributed by atoms with Gasteiger partial charge in [-0.2, -0.15) is 23.5 Å². The lowest BCUT2D eigenvalue weighted by molar-refractivity contribution is 0.615. The van der Waals surface area contributed by atoms with Crippen molar-refractivity contribution in [3.63, 3.8) is 0 Å². The molecule has 1 fully saturated rings. The Labute approximate surface area is 114 Å². The third-order valence-corrected chi connectivity index (χ3v) is 4.95. The number of nitrogens with one attached hydrogen (secondary N) is 2. The van der Waals surface area contributed by atoms with Gasteiger partial charge in [0.25, 0.3) is 0 Å². The van der Waals surface area contributed by atoms with Gasteiger partial charge in [0.15, 0.2) is 5.96 Å². The number of aliphatic imine (C=N–C) groups is 1. The van der Waals surface area contributed by atoms with Crippen molar-refractivity contribution in [3.8, 4) is 0 Å². The molecule has 1 unspecified atom stereocenters. The normalized spacial score (nSPS) is 25.0. The first-order valence-electron chi connectivity index (χ1n) is 6.35. The Balaban J connectivity index is 2.38. The van der Waals surface area contributed by atoms with Crippen LogP contribution in [0, 0.1) is 0 Å². The predicted molar refractivity (Wildman–Crippen MR) is 82.5 cm³/mol. The highest BCUT2D eigenvalue weighted by atomic mass is 32.2. The summed E-state index contributed by atoms with van der Waals surface area (Å²) in [5, 5.41) is 6.67. The van der Waals surface area contributed by atoms with E-state index < -0.39 is 0 Å². The number of hydrogen-bond acceptors (Lipinski definition) is 3. The van der Waals surface area contributed by atoms with Crippen molar-refractivity contribution < 1.29 is 0 Å². The largest absolute Gasteiger partial charge is 0.357 e. The molecule has 0 aliphatic carbocycles. The van der Waals surface area contributed by atoms with Crippen LogP contribution in [0.3, 0.4) is 0 Å². The van der Waals surface area contributed by atoms with E-state index in [2.05, 4.69) is 42.5 Å². The Morgan fingerprint density at radius 3 is 2.88 bits per heavy atom. The smallest absolute Gasteiger partial charge is 0.191 e. The minimum absolute atomic E-state index is 0.363. The molecular weight excluding hydrogens is 250 g/mol. The molecule has 0 aromatic heterocycles. The van der Waals surface area contributed by atoms with Gasteiger partial charge < -0.3 is 10.6 Å². The molecular formula is C12H25N3S2. The highest BCUT2D eigenvalue weighted by Gasteiger charge is 2.29. The summed E-state index contributed by atoms with van der Waals surface area (Å²) >= 11 is 3.92. The molecule has 1 aliphatic heterocycles. The van der Waals surface area contributed by atoms with Gasteiger partial charge in [-0.3, -0.25) is 4.99 Å². The molecule has 17 heavy (non-hydrogen) atoms. The van der Waals surface area contributed by atoms with Crippen LogP contribution in [0.5, 0.6) is 0 Å². The Morgan fingerprint density at radius 1 is 1.47 bits per heavy atom. The van der Waals surface area contributed by atoms with E-state index >= 15 is 0 Å². The third kappa shape index (κ3) is 5.91. The van der Waals surface area contributed by atoms with Gasteiger partial charge in [-0.05, 0) is 38.7 Å². The van der Waals surface area contributed by atoms with Crippen molar-refractivity contribution in [2.45, 2.75) is 31.4 Å². The van der Waals surface area contributed by atoms with Crippen molar-refractivity contribution in [2.24, 2.45) is 4.99 Å². The Kier molecular flexibility index (Phi) is 7.19. The first kappa shape index (κ1) is 15.0. The minimum atomic E-state index is 0.363. The summed E-state index contributed by atoms with van der Waals surface area (Å²) in [6.45, 7) is 7.27. The third-order valence-electron chi connectivity index (χ3n) is 2.81. The quantitative estimate of drug-likeness (QED) is 0.443. The lowest BCUT2D eigenvalue weighted by Crippen LogP contribution is -2.39. The lowest BCUT2D eigenvalue weighted by Gasteiger charge is -2.21. The van der Waals surface area contributed by atoms with Crippen LogP contribution >= 0.6 is 23.5 Å². The molecule has 1 saturated heterocycles. The Bertz CT molecular complexity index is 238. The van der Waals surface area contributed by atoms with E-state index in [1.54, 1.807) is 0 Å². The van der Waals surface area contributed by atoms with Crippen molar-refractivity contribution >= 4 is 29.5 Å². The second-order valence-corrected chi connectivity index (χ2v) is 7.18. The SMILES string of the molecule is CCNC(=NCC1(C)CCCS1)NCCSC. The fourth-order valence-corrected chi connectivity index (χ4v) is 3.35. The molecule has 0 bridgehead atoms. The van der Waals surface area contributed by atoms with Crippen LogP contribution in [0.2, 0.25) is 0 Å². The van der Waals surface area contributed by atoms with Crippen molar-refractivity contribution in [2.75, 3.05) is 37.4 Å². The number of hydrogen-bond donors (Lipinski definition) is 2. The summed E-state index contributed by atoms with van der Waals surface area (Å²) < 4.78 is 0.363. The molecule has 0 spiro atoms. The van der Waals surface area contributed by atoms with Gasteiger partial charge >= 0.3 is 0 Å². The standard InChI is InChI=1S/C12H25N3S2/c1-4-13-11(14-7-9-16-3)15-10-12(2)6-5-8-17-12/h4-10H2,1-3H3,(H2,13,14,15). The fraction of sp³-hybridized carbons (Fsp3) is 0.917. The van der Waals surface area contributed by atoms with Crippen LogP contribution in [0.4, 0.5) is 0 Å². The number of thioether (sulfide) groups is 2.